The lowest BCUT2D eigenvalue weighted by Crippen LogP contribution is -2.50. The standard InChI is InChI=1S/C21H31N5O2.ClH/c1-4-17(16-8-6-7-9-19(16)28-5-2)24-20(27)15-26-13-10-22-14-18(26)21-23-11-12-25(21)3;/h6-9,11-12,17-18,22H,4-5,10,13-15H2,1-3H3,(H,24,27);1H. The van der Waals surface area contributed by atoms with Gasteiger partial charge in [-0.15, -0.1) is 12.4 Å². The number of imidazole rings is 1. The number of rotatable bonds is 8. The first kappa shape index (κ1) is 23.2. The monoisotopic (exact) mass is 421 g/mol. The number of ether oxygens (including phenoxy) is 1. The molecule has 1 amide bonds. The van der Waals surface area contributed by atoms with E-state index in [0.717, 1.165) is 43.2 Å². The van der Waals surface area contributed by atoms with Crippen molar-refractivity contribution in [1.29, 1.82) is 0 Å². The minimum absolute atomic E-state index is 0. The Morgan fingerprint density at radius 3 is 2.86 bits per heavy atom. The number of nitrogens with one attached hydrogen (secondary N) is 2. The summed E-state index contributed by atoms with van der Waals surface area (Å²) in [6.07, 6.45) is 4.56. The van der Waals surface area contributed by atoms with Gasteiger partial charge in [-0.25, -0.2) is 4.98 Å². The minimum Gasteiger partial charge on any atom is -0.494 e. The smallest absolute Gasteiger partial charge is 0.234 e. The summed E-state index contributed by atoms with van der Waals surface area (Å²) < 4.78 is 7.77. The molecule has 2 aromatic rings. The Morgan fingerprint density at radius 1 is 1.38 bits per heavy atom. The highest BCUT2D eigenvalue weighted by Gasteiger charge is 2.29. The van der Waals surface area contributed by atoms with Crippen molar-refractivity contribution < 1.29 is 9.53 Å². The van der Waals surface area contributed by atoms with E-state index in [-0.39, 0.29) is 30.4 Å². The third-order valence-electron chi connectivity index (χ3n) is 5.20. The largest absolute Gasteiger partial charge is 0.494 e. The molecular formula is C21H32ClN5O2. The lowest BCUT2D eigenvalue weighted by Gasteiger charge is -2.35. The zero-order chi connectivity index (χ0) is 19.9. The molecule has 29 heavy (non-hydrogen) atoms. The maximum atomic E-state index is 12.9. The molecular weight excluding hydrogens is 390 g/mol. The summed E-state index contributed by atoms with van der Waals surface area (Å²) in [6.45, 7) is 7.49. The van der Waals surface area contributed by atoms with E-state index in [1.165, 1.54) is 0 Å². The summed E-state index contributed by atoms with van der Waals surface area (Å²) in [6, 6.07) is 7.96. The maximum Gasteiger partial charge on any atom is 0.234 e. The number of piperazine rings is 1. The fraction of sp³-hybridized carbons (Fsp3) is 0.524. The van der Waals surface area contributed by atoms with Gasteiger partial charge in [0.15, 0.2) is 0 Å². The predicted octanol–water partition coefficient (Wildman–Crippen LogP) is 2.45. The summed E-state index contributed by atoms with van der Waals surface area (Å²) in [5.74, 6) is 1.85. The first-order valence-corrected chi connectivity index (χ1v) is 10.1. The summed E-state index contributed by atoms with van der Waals surface area (Å²) >= 11 is 0. The van der Waals surface area contributed by atoms with Crippen molar-refractivity contribution in [2.75, 3.05) is 32.8 Å². The predicted molar refractivity (Wildman–Crippen MR) is 116 cm³/mol. The number of hydrogen-bond acceptors (Lipinski definition) is 5. The van der Waals surface area contributed by atoms with Crippen molar-refractivity contribution in [2.24, 2.45) is 7.05 Å². The van der Waals surface area contributed by atoms with Crippen molar-refractivity contribution in [3.63, 3.8) is 0 Å². The molecule has 0 spiro atoms. The molecule has 2 unspecified atom stereocenters. The molecule has 0 radical (unpaired) electrons. The SMILES string of the molecule is CCOc1ccccc1C(CC)NC(=O)CN1CCNCC1c1nccn1C.Cl. The van der Waals surface area contributed by atoms with Crippen LogP contribution in [-0.4, -0.2) is 53.1 Å². The average Bonchev–Trinajstić information content (AvgIpc) is 3.13. The number of benzene rings is 1. The van der Waals surface area contributed by atoms with Crippen LogP contribution >= 0.6 is 12.4 Å². The van der Waals surface area contributed by atoms with E-state index in [9.17, 15) is 4.79 Å². The minimum atomic E-state index is -0.0650. The van der Waals surface area contributed by atoms with Gasteiger partial charge in [0.05, 0.1) is 25.2 Å². The van der Waals surface area contributed by atoms with Crippen LogP contribution in [0.5, 0.6) is 5.75 Å². The number of halogens is 1. The number of aryl methyl sites for hydroxylation is 1. The Balaban J connectivity index is 0.00000300. The molecule has 1 aromatic heterocycles. The first-order chi connectivity index (χ1) is 13.6. The number of nitrogens with zero attached hydrogens (tertiary/aromatic N) is 3. The highest BCUT2D eigenvalue weighted by atomic mass is 35.5. The highest BCUT2D eigenvalue weighted by Crippen LogP contribution is 2.27. The number of amides is 1. The van der Waals surface area contributed by atoms with Crippen LogP contribution in [0, 0.1) is 0 Å². The third-order valence-corrected chi connectivity index (χ3v) is 5.20. The summed E-state index contributed by atoms with van der Waals surface area (Å²) in [5.41, 5.74) is 1.03. The van der Waals surface area contributed by atoms with Crippen LogP contribution in [0.1, 0.15) is 43.7 Å². The molecule has 1 aromatic carbocycles. The van der Waals surface area contributed by atoms with Gasteiger partial charge >= 0.3 is 0 Å². The van der Waals surface area contributed by atoms with Gasteiger partial charge in [-0.3, -0.25) is 9.69 Å². The maximum absolute atomic E-state index is 12.9. The molecule has 0 aliphatic carbocycles. The summed E-state index contributed by atoms with van der Waals surface area (Å²) in [5, 5.41) is 6.61. The highest BCUT2D eigenvalue weighted by molar-refractivity contribution is 5.85. The molecule has 160 valence electrons. The summed E-state index contributed by atoms with van der Waals surface area (Å²) in [7, 11) is 1.99. The fourth-order valence-electron chi connectivity index (χ4n) is 3.77. The van der Waals surface area contributed by atoms with Crippen LogP contribution in [0.3, 0.4) is 0 Å². The van der Waals surface area contributed by atoms with Gasteiger partial charge in [-0.1, -0.05) is 25.1 Å². The van der Waals surface area contributed by atoms with Gasteiger partial charge in [0.25, 0.3) is 0 Å². The fourth-order valence-corrected chi connectivity index (χ4v) is 3.77. The van der Waals surface area contributed by atoms with E-state index in [1.807, 2.05) is 49.0 Å². The van der Waals surface area contributed by atoms with Gasteiger partial charge in [0, 0.05) is 44.6 Å². The molecule has 3 rings (SSSR count). The lowest BCUT2D eigenvalue weighted by molar-refractivity contribution is -0.123. The van der Waals surface area contributed by atoms with E-state index in [2.05, 4.69) is 27.4 Å². The molecule has 0 bridgehead atoms. The Morgan fingerprint density at radius 2 is 2.17 bits per heavy atom. The lowest BCUT2D eigenvalue weighted by atomic mass is 10.0. The van der Waals surface area contributed by atoms with Gasteiger partial charge in [0.2, 0.25) is 5.91 Å². The second-order valence-electron chi connectivity index (χ2n) is 7.09. The van der Waals surface area contributed by atoms with Crippen molar-refractivity contribution in [1.82, 2.24) is 25.1 Å². The van der Waals surface area contributed by atoms with Crippen LogP contribution in [0.2, 0.25) is 0 Å². The Bertz CT molecular complexity index is 782. The van der Waals surface area contributed by atoms with Gasteiger partial charge in [0.1, 0.15) is 11.6 Å². The third kappa shape index (κ3) is 5.72. The van der Waals surface area contributed by atoms with Gasteiger partial charge < -0.3 is 19.9 Å². The first-order valence-electron chi connectivity index (χ1n) is 10.1. The number of carbonyl (C=O) groups excluding carboxylic acids is 1. The van der Waals surface area contributed by atoms with E-state index < -0.39 is 0 Å². The molecule has 1 aliphatic heterocycles. The van der Waals surface area contributed by atoms with E-state index >= 15 is 0 Å². The number of para-hydroxylation sites is 1. The second-order valence-corrected chi connectivity index (χ2v) is 7.09. The van der Waals surface area contributed by atoms with E-state index in [0.29, 0.717) is 13.2 Å². The van der Waals surface area contributed by atoms with E-state index in [4.69, 9.17) is 4.74 Å². The van der Waals surface area contributed by atoms with Gasteiger partial charge in [-0.2, -0.15) is 0 Å². The Hall–Kier alpha value is -2.09. The van der Waals surface area contributed by atoms with Crippen molar-refractivity contribution >= 4 is 18.3 Å². The topological polar surface area (TPSA) is 71.4 Å². The average molecular weight is 422 g/mol. The van der Waals surface area contributed by atoms with Crippen LogP contribution < -0.4 is 15.4 Å². The van der Waals surface area contributed by atoms with Crippen molar-refractivity contribution in [2.45, 2.75) is 32.4 Å². The van der Waals surface area contributed by atoms with Gasteiger partial charge in [-0.05, 0) is 19.4 Å². The van der Waals surface area contributed by atoms with Crippen LogP contribution in [0.15, 0.2) is 36.7 Å². The quantitative estimate of drug-likeness (QED) is 0.685. The van der Waals surface area contributed by atoms with Crippen molar-refractivity contribution in [3.8, 4) is 5.75 Å². The molecule has 2 N–H and O–H groups in total. The Labute approximate surface area is 179 Å². The van der Waals surface area contributed by atoms with Crippen LogP contribution in [0.25, 0.3) is 0 Å². The van der Waals surface area contributed by atoms with Crippen LogP contribution in [-0.2, 0) is 11.8 Å². The molecule has 1 aliphatic rings. The zero-order valence-corrected chi connectivity index (χ0v) is 18.2. The molecule has 2 atom stereocenters. The number of hydrogen-bond donors (Lipinski definition) is 2. The normalized spacial score (nSPS) is 18.0. The van der Waals surface area contributed by atoms with Crippen LogP contribution in [0.4, 0.5) is 0 Å². The van der Waals surface area contributed by atoms with E-state index in [1.54, 1.807) is 6.20 Å². The molecule has 2 heterocycles. The summed E-state index contributed by atoms with van der Waals surface area (Å²) in [4.78, 5) is 19.6. The molecule has 7 nitrogen and oxygen atoms in total. The molecule has 0 saturated carbocycles. The van der Waals surface area contributed by atoms with Crippen molar-refractivity contribution in [3.05, 3.63) is 48.0 Å². The molecule has 1 saturated heterocycles. The number of carbonyl (C=O) groups is 1. The zero-order valence-electron chi connectivity index (χ0n) is 17.4. The molecule has 1 fully saturated rings. The molecule has 8 heteroatoms. The second kappa shape index (κ2) is 11.2. The Kier molecular flexibility index (Phi) is 8.95. The number of aromatic nitrogens is 2.